The average Bonchev–Trinajstić information content (AvgIpc) is 2.31. The summed E-state index contributed by atoms with van der Waals surface area (Å²) in [6.07, 6.45) is 0.691. The Bertz CT molecular complexity index is 442. The number of phenols is 1. The largest absolute Gasteiger partial charge is 0.507 e. The van der Waals surface area contributed by atoms with E-state index in [4.69, 9.17) is 5.73 Å². The summed E-state index contributed by atoms with van der Waals surface area (Å²) in [5, 5.41) is 9.78. The van der Waals surface area contributed by atoms with Crippen molar-refractivity contribution in [3.05, 3.63) is 28.8 Å². The van der Waals surface area contributed by atoms with E-state index in [1.807, 2.05) is 0 Å². The van der Waals surface area contributed by atoms with E-state index in [9.17, 15) is 14.7 Å². The standard InChI is InChI=1S/C12H15NO4/c1-7-3-8(5-10(13)12(16)17-2)11(15)9(4-7)6-14/h3-4,6,10,15H,5,13H2,1-2H3/t10-/m1/s1. The minimum atomic E-state index is -0.854. The number of carbonyl (C=O) groups is 2. The molecule has 0 aliphatic carbocycles. The van der Waals surface area contributed by atoms with E-state index < -0.39 is 12.0 Å². The first-order valence-electron chi connectivity index (χ1n) is 5.10. The van der Waals surface area contributed by atoms with Crippen molar-refractivity contribution in [3.8, 4) is 5.75 Å². The lowest BCUT2D eigenvalue weighted by molar-refractivity contribution is -0.142. The maximum Gasteiger partial charge on any atom is 0.322 e. The van der Waals surface area contributed by atoms with Crippen LogP contribution in [0, 0.1) is 6.92 Å². The molecule has 0 aliphatic heterocycles. The number of rotatable bonds is 4. The molecule has 0 radical (unpaired) electrons. The fourth-order valence-corrected chi connectivity index (χ4v) is 1.60. The summed E-state index contributed by atoms with van der Waals surface area (Å²) in [7, 11) is 1.25. The molecule has 0 unspecified atom stereocenters. The van der Waals surface area contributed by atoms with E-state index in [0.29, 0.717) is 11.8 Å². The third-order valence-electron chi connectivity index (χ3n) is 2.43. The number of carbonyl (C=O) groups excluding carboxylic acids is 2. The lowest BCUT2D eigenvalue weighted by atomic mass is 10.00. The van der Waals surface area contributed by atoms with Crippen LogP contribution >= 0.6 is 0 Å². The molecule has 0 fully saturated rings. The zero-order valence-corrected chi connectivity index (χ0v) is 9.77. The van der Waals surface area contributed by atoms with Crippen LogP contribution in [0.15, 0.2) is 12.1 Å². The molecule has 1 aromatic rings. The van der Waals surface area contributed by atoms with Gasteiger partial charge in [-0.05, 0) is 24.1 Å². The van der Waals surface area contributed by atoms with Crippen LogP contribution in [0.25, 0.3) is 0 Å². The second-order valence-electron chi connectivity index (χ2n) is 3.81. The summed E-state index contributed by atoms with van der Waals surface area (Å²) in [5.41, 5.74) is 7.07. The van der Waals surface area contributed by atoms with Crippen molar-refractivity contribution in [1.29, 1.82) is 0 Å². The van der Waals surface area contributed by atoms with E-state index in [-0.39, 0.29) is 17.7 Å². The number of aromatic hydroxyl groups is 1. The quantitative estimate of drug-likeness (QED) is 0.589. The van der Waals surface area contributed by atoms with Crippen LogP contribution in [0.1, 0.15) is 21.5 Å². The Morgan fingerprint density at radius 2 is 2.24 bits per heavy atom. The van der Waals surface area contributed by atoms with Gasteiger partial charge in [-0.1, -0.05) is 6.07 Å². The minimum absolute atomic E-state index is 0.126. The molecule has 0 spiro atoms. The highest BCUT2D eigenvalue weighted by molar-refractivity contribution is 5.81. The molecule has 1 aromatic carbocycles. The second-order valence-corrected chi connectivity index (χ2v) is 3.81. The normalized spacial score (nSPS) is 11.9. The number of aldehydes is 1. The molecule has 0 bridgehead atoms. The van der Waals surface area contributed by atoms with Gasteiger partial charge >= 0.3 is 5.97 Å². The number of hydrogen-bond acceptors (Lipinski definition) is 5. The van der Waals surface area contributed by atoms with Crippen LogP contribution in [-0.4, -0.2) is 30.5 Å². The van der Waals surface area contributed by atoms with Gasteiger partial charge in [0.05, 0.1) is 12.7 Å². The molecule has 92 valence electrons. The Kier molecular flexibility index (Phi) is 4.23. The smallest absolute Gasteiger partial charge is 0.322 e. The number of methoxy groups -OCH3 is 1. The number of esters is 1. The molecule has 5 nitrogen and oxygen atoms in total. The Hall–Kier alpha value is -1.88. The van der Waals surface area contributed by atoms with Gasteiger partial charge in [0.15, 0.2) is 6.29 Å². The van der Waals surface area contributed by atoms with Crippen LogP contribution in [0.4, 0.5) is 0 Å². The minimum Gasteiger partial charge on any atom is -0.507 e. The molecule has 5 heteroatoms. The summed E-state index contributed by atoms with van der Waals surface area (Å²) in [6.45, 7) is 1.79. The molecule has 17 heavy (non-hydrogen) atoms. The van der Waals surface area contributed by atoms with Gasteiger partial charge in [-0.2, -0.15) is 0 Å². The molecule has 3 N–H and O–H groups in total. The molecule has 0 saturated heterocycles. The van der Waals surface area contributed by atoms with Crippen molar-refractivity contribution in [3.63, 3.8) is 0 Å². The third-order valence-corrected chi connectivity index (χ3v) is 2.43. The highest BCUT2D eigenvalue weighted by Crippen LogP contribution is 2.24. The van der Waals surface area contributed by atoms with E-state index >= 15 is 0 Å². The zero-order chi connectivity index (χ0) is 13.0. The van der Waals surface area contributed by atoms with Crippen LogP contribution in [-0.2, 0) is 16.0 Å². The molecule has 0 amide bonds. The van der Waals surface area contributed by atoms with Crippen molar-refractivity contribution in [2.75, 3.05) is 7.11 Å². The van der Waals surface area contributed by atoms with Crippen LogP contribution in [0.2, 0.25) is 0 Å². The van der Waals surface area contributed by atoms with Crippen molar-refractivity contribution in [2.45, 2.75) is 19.4 Å². The first-order valence-corrected chi connectivity index (χ1v) is 5.10. The number of nitrogens with two attached hydrogens (primary N) is 1. The number of benzene rings is 1. The van der Waals surface area contributed by atoms with E-state index in [0.717, 1.165) is 5.56 Å². The molecule has 0 saturated carbocycles. The summed E-state index contributed by atoms with van der Waals surface area (Å²) in [5.74, 6) is -0.691. The molecule has 0 heterocycles. The highest BCUT2D eigenvalue weighted by Gasteiger charge is 2.17. The second kappa shape index (κ2) is 5.45. The van der Waals surface area contributed by atoms with Gasteiger partial charge < -0.3 is 15.6 Å². The predicted octanol–water partition coefficient (Wildman–Crippen LogP) is 0.556. The van der Waals surface area contributed by atoms with Gasteiger partial charge in [0.1, 0.15) is 11.8 Å². The van der Waals surface area contributed by atoms with Crippen LogP contribution < -0.4 is 5.73 Å². The van der Waals surface area contributed by atoms with Crippen molar-refractivity contribution in [1.82, 2.24) is 0 Å². The number of aryl methyl sites for hydroxylation is 1. The lowest BCUT2D eigenvalue weighted by Crippen LogP contribution is -2.33. The van der Waals surface area contributed by atoms with Gasteiger partial charge in [-0.15, -0.1) is 0 Å². The number of hydrogen-bond donors (Lipinski definition) is 2. The lowest BCUT2D eigenvalue weighted by Gasteiger charge is -2.12. The molecule has 1 atom stereocenters. The molecule has 0 aliphatic rings. The maximum atomic E-state index is 11.2. The highest BCUT2D eigenvalue weighted by atomic mass is 16.5. The summed E-state index contributed by atoms with van der Waals surface area (Å²) in [4.78, 5) is 21.9. The van der Waals surface area contributed by atoms with Crippen LogP contribution in [0.3, 0.4) is 0 Å². The summed E-state index contributed by atoms with van der Waals surface area (Å²) >= 11 is 0. The van der Waals surface area contributed by atoms with Gasteiger partial charge in [0.2, 0.25) is 0 Å². The maximum absolute atomic E-state index is 11.2. The van der Waals surface area contributed by atoms with Gasteiger partial charge in [-0.3, -0.25) is 9.59 Å². The number of phenolic OH excluding ortho intramolecular Hbond substituents is 1. The first kappa shape index (κ1) is 13.2. The first-order chi connectivity index (χ1) is 7.99. The fraction of sp³-hybridized carbons (Fsp3) is 0.333. The molecule has 1 rings (SSSR count). The predicted molar refractivity (Wildman–Crippen MR) is 61.9 cm³/mol. The summed E-state index contributed by atoms with van der Waals surface area (Å²) in [6, 6.07) is 2.40. The monoisotopic (exact) mass is 237 g/mol. The van der Waals surface area contributed by atoms with E-state index in [1.54, 1.807) is 19.1 Å². The van der Waals surface area contributed by atoms with Gasteiger partial charge in [-0.25, -0.2) is 0 Å². The number of ether oxygens (including phenoxy) is 1. The SMILES string of the molecule is COC(=O)[C@H](N)Cc1cc(C)cc(C=O)c1O. The van der Waals surface area contributed by atoms with Crippen molar-refractivity contribution >= 4 is 12.3 Å². The van der Waals surface area contributed by atoms with Crippen molar-refractivity contribution in [2.24, 2.45) is 5.73 Å². The Labute approximate surface area is 99.2 Å². The Balaban J connectivity index is 3.02. The van der Waals surface area contributed by atoms with Gasteiger partial charge in [0.25, 0.3) is 0 Å². The molecular formula is C12H15NO4. The topological polar surface area (TPSA) is 89.6 Å². The Morgan fingerprint density at radius 1 is 1.59 bits per heavy atom. The summed E-state index contributed by atoms with van der Waals surface area (Å²) < 4.78 is 4.50. The zero-order valence-electron chi connectivity index (χ0n) is 9.77. The average molecular weight is 237 g/mol. The third kappa shape index (κ3) is 3.04. The molecule has 0 aromatic heterocycles. The van der Waals surface area contributed by atoms with Crippen LogP contribution in [0.5, 0.6) is 5.75 Å². The van der Waals surface area contributed by atoms with Crippen molar-refractivity contribution < 1.29 is 19.4 Å². The van der Waals surface area contributed by atoms with E-state index in [1.165, 1.54) is 7.11 Å². The Morgan fingerprint density at radius 3 is 2.76 bits per heavy atom. The van der Waals surface area contributed by atoms with E-state index in [2.05, 4.69) is 4.74 Å². The molecular weight excluding hydrogens is 222 g/mol. The fourth-order valence-electron chi connectivity index (χ4n) is 1.60. The van der Waals surface area contributed by atoms with Gasteiger partial charge in [0, 0.05) is 6.42 Å².